The van der Waals surface area contributed by atoms with Crippen LogP contribution in [-0.2, 0) is 9.47 Å². The van der Waals surface area contributed by atoms with Gasteiger partial charge in [0.2, 0.25) is 0 Å². The highest BCUT2D eigenvalue weighted by molar-refractivity contribution is 4.89. The lowest BCUT2D eigenvalue weighted by molar-refractivity contribution is -0.154. The SMILES string of the molecule is CC(C)(C)C1OCCCCCCCCOC1C(C)(C)C. The molecule has 2 unspecified atom stereocenters. The van der Waals surface area contributed by atoms with Gasteiger partial charge >= 0.3 is 0 Å². The van der Waals surface area contributed by atoms with Gasteiger partial charge < -0.3 is 9.47 Å². The van der Waals surface area contributed by atoms with Crippen molar-refractivity contribution in [2.24, 2.45) is 10.8 Å². The highest BCUT2D eigenvalue weighted by Gasteiger charge is 2.40. The third-order valence-corrected chi connectivity index (χ3v) is 4.12. The van der Waals surface area contributed by atoms with E-state index in [4.69, 9.17) is 9.47 Å². The number of hydrogen-bond acceptors (Lipinski definition) is 2. The number of rotatable bonds is 0. The molecule has 1 aliphatic rings. The molecular weight excluding hydrogens is 248 g/mol. The largest absolute Gasteiger partial charge is 0.375 e. The van der Waals surface area contributed by atoms with Crippen molar-refractivity contribution in [3.8, 4) is 0 Å². The first-order valence-electron chi connectivity index (χ1n) is 8.46. The van der Waals surface area contributed by atoms with Crippen LogP contribution in [-0.4, -0.2) is 25.4 Å². The minimum absolute atomic E-state index is 0.113. The Morgan fingerprint density at radius 3 is 1.15 bits per heavy atom. The van der Waals surface area contributed by atoms with Crippen LogP contribution in [0.1, 0.15) is 80.1 Å². The number of ether oxygens (including phenoxy) is 2. The van der Waals surface area contributed by atoms with Crippen molar-refractivity contribution in [2.45, 2.75) is 92.3 Å². The quantitative estimate of drug-likeness (QED) is 0.608. The second-order valence-electron chi connectivity index (χ2n) is 8.44. The molecule has 2 atom stereocenters. The zero-order valence-electron chi connectivity index (χ0n) is 14.6. The van der Waals surface area contributed by atoms with Gasteiger partial charge in [0.1, 0.15) is 0 Å². The van der Waals surface area contributed by atoms with Crippen LogP contribution in [0.15, 0.2) is 0 Å². The molecule has 2 heteroatoms. The summed E-state index contributed by atoms with van der Waals surface area (Å²) in [4.78, 5) is 0. The summed E-state index contributed by atoms with van der Waals surface area (Å²) in [6, 6.07) is 0. The summed E-state index contributed by atoms with van der Waals surface area (Å²) in [5, 5.41) is 0. The van der Waals surface area contributed by atoms with E-state index in [9.17, 15) is 0 Å². The molecule has 0 aromatic carbocycles. The molecule has 1 aliphatic heterocycles. The van der Waals surface area contributed by atoms with Crippen molar-refractivity contribution in [3.05, 3.63) is 0 Å². The van der Waals surface area contributed by atoms with Crippen molar-refractivity contribution < 1.29 is 9.47 Å². The molecule has 1 rings (SSSR count). The molecule has 0 aromatic rings. The molecule has 2 nitrogen and oxygen atoms in total. The van der Waals surface area contributed by atoms with Crippen molar-refractivity contribution in [3.63, 3.8) is 0 Å². The van der Waals surface area contributed by atoms with Crippen LogP contribution >= 0.6 is 0 Å². The molecule has 0 spiro atoms. The zero-order chi connectivity index (χ0) is 15.2. The Morgan fingerprint density at radius 1 is 0.550 bits per heavy atom. The molecular formula is C18H36O2. The highest BCUT2D eigenvalue weighted by Crippen LogP contribution is 2.36. The summed E-state index contributed by atoms with van der Waals surface area (Å²) < 4.78 is 12.6. The Bertz CT molecular complexity index is 232. The topological polar surface area (TPSA) is 18.5 Å². The van der Waals surface area contributed by atoms with Gasteiger partial charge in [-0.1, -0.05) is 67.2 Å². The van der Waals surface area contributed by atoms with Gasteiger partial charge in [-0.2, -0.15) is 0 Å². The molecule has 0 aromatic heterocycles. The van der Waals surface area contributed by atoms with Crippen LogP contribution in [0.3, 0.4) is 0 Å². The second-order valence-corrected chi connectivity index (χ2v) is 8.44. The van der Waals surface area contributed by atoms with E-state index in [0.717, 1.165) is 13.2 Å². The molecule has 0 bridgehead atoms. The van der Waals surface area contributed by atoms with Crippen molar-refractivity contribution in [2.75, 3.05) is 13.2 Å². The van der Waals surface area contributed by atoms with E-state index in [1.807, 2.05) is 0 Å². The third-order valence-electron chi connectivity index (χ3n) is 4.12. The average molecular weight is 284 g/mol. The van der Waals surface area contributed by atoms with Crippen LogP contribution in [0.25, 0.3) is 0 Å². The zero-order valence-corrected chi connectivity index (χ0v) is 14.6. The van der Waals surface area contributed by atoms with Gasteiger partial charge in [0, 0.05) is 13.2 Å². The minimum atomic E-state index is 0.113. The van der Waals surface area contributed by atoms with Gasteiger partial charge in [-0.05, 0) is 23.7 Å². The fourth-order valence-corrected chi connectivity index (χ4v) is 2.91. The van der Waals surface area contributed by atoms with E-state index >= 15 is 0 Å². The van der Waals surface area contributed by atoms with Gasteiger partial charge in [0.15, 0.2) is 0 Å². The Balaban J connectivity index is 2.82. The lowest BCUT2D eigenvalue weighted by Crippen LogP contribution is -2.48. The highest BCUT2D eigenvalue weighted by atomic mass is 16.5. The minimum Gasteiger partial charge on any atom is -0.375 e. The fourth-order valence-electron chi connectivity index (χ4n) is 2.91. The average Bonchev–Trinajstić information content (AvgIpc) is 2.26. The second kappa shape index (κ2) is 7.79. The summed E-state index contributed by atoms with van der Waals surface area (Å²) in [6.07, 6.45) is 7.99. The lowest BCUT2D eigenvalue weighted by Gasteiger charge is -2.43. The smallest absolute Gasteiger partial charge is 0.0889 e. The molecule has 0 amide bonds. The summed E-state index contributed by atoms with van der Waals surface area (Å²) >= 11 is 0. The van der Waals surface area contributed by atoms with Crippen LogP contribution < -0.4 is 0 Å². The van der Waals surface area contributed by atoms with E-state index in [-0.39, 0.29) is 23.0 Å². The van der Waals surface area contributed by atoms with Crippen LogP contribution in [0, 0.1) is 10.8 Å². The molecule has 0 saturated carbocycles. The number of hydrogen-bond donors (Lipinski definition) is 0. The molecule has 120 valence electrons. The van der Waals surface area contributed by atoms with Gasteiger partial charge in [0.25, 0.3) is 0 Å². The third kappa shape index (κ3) is 6.13. The Kier molecular flexibility index (Phi) is 7.00. The van der Waals surface area contributed by atoms with E-state index in [2.05, 4.69) is 41.5 Å². The van der Waals surface area contributed by atoms with E-state index in [1.54, 1.807) is 0 Å². The van der Waals surface area contributed by atoms with Gasteiger partial charge in [0.05, 0.1) is 12.2 Å². The predicted molar refractivity (Wildman–Crippen MR) is 86.1 cm³/mol. The predicted octanol–water partition coefficient (Wildman–Crippen LogP) is 5.20. The van der Waals surface area contributed by atoms with E-state index in [1.165, 1.54) is 38.5 Å². The monoisotopic (exact) mass is 284 g/mol. The normalized spacial score (nSPS) is 28.5. The van der Waals surface area contributed by atoms with Crippen molar-refractivity contribution >= 4 is 0 Å². The summed E-state index contributed by atoms with van der Waals surface area (Å²) in [6.45, 7) is 15.4. The summed E-state index contributed by atoms with van der Waals surface area (Å²) in [5.74, 6) is 0. The molecule has 1 fully saturated rings. The van der Waals surface area contributed by atoms with Gasteiger partial charge in [-0.15, -0.1) is 0 Å². The first-order chi connectivity index (χ1) is 9.23. The molecule has 0 radical (unpaired) electrons. The Labute approximate surface area is 126 Å². The van der Waals surface area contributed by atoms with Gasteiger partial charge in [-0.3, -0.25) is 0 Å². The van der Waals surface area contributed by atoms with E-state index < -0.39 is 0 Å². The fraction of sp³-hybridized carbons (Fsp3) is 1.00. The maximum absolute atomic E-state index is 6.29. The first-order valence-corrected chi connectivity index (χ1v) is 8.46. The van der Waals surface area contributed by atoms with Crippen LogP contribution in [0.4, 0.5) is 0 Å². The molecule has 0 N–H and O–H groups in total. The molecule has 20 heavy (non-hydrogen) atoms. The lowest BCUT2D eigenvalue weighted by atomic mass is 9.76. The Hall–Kier alpha value is -0.0800. The standard InChI is InChI=1S/C18H36O2/c1-17(2,3)15-16(18(4,5)6)20-14-12-10-8-7-9-11-13-19-15/h15-16H,7-14H2,1-6H3. The summed E-state index contributed by atoms with van der Waals surface area (Å²) in [7, 11) is 0. The van der Waals surface area contributed by atoms with Crippen molar-refractivity contribution in [1.82, 2.24) is 0 Å². The maximum Gasteiger partial charge on any atom is 0.0889 e. The molecule has 0 aliphatic carbocycles. The Morgan fingerprint density at radius 2 is 0.850 bits per heavy atom. The van der Waals surface area contributed by atoms with Crippen LogP contribution in [0.5, 0.6) is 0 Å². The molecule has 1 heterocycles. The van der Waals surface area contributed by atoms with Gasteiger partial charge in [-0.25, -0.2) is 0 Å². The van der Waals surface area contributed by atoms with Crippen molar-refractivity contribution in [1.29, 1.82) is 0 Å². The maximum atomic E-state index is 6.29. The molecule has 1 saturated heterocycles. The summed E-state index contributed by atoms with van der Waals surface area (Å²) in [5.41, 5.74) is 0.226. The van der Waals surface area contributed by atoms with E-state index in [0.29, 0.717) is 0 Å². The first kappa shape index (κ1) is 18.0. The van der Waals surface area contributed by atoms with Crippen LogP contribution in [0.2, 0.25) is 0 Å².